The molecule has 1 N–H and O–H groups in total. The second-order valence-electron chi connectivity index (χ2n) is 6.61. The zero-order valence-electron chi connectivity index (χ0n) is 14.5. The van der Waals surface area contributed by atoms with Gasteiger partial charge in [-0.25, -0.2) is 9.67 Å². The summed E-state index contributed by atoms with van der Waals surface area (Å²) in [5, 5.41) is 4.63. The molecule has 0 spiro atoms. The summed E-state index contributed by atoms with van der Waals surface area (Å²) in [4.78, 5) is 9.87. The van der Waals surface area contributed by atoms with Crippen molar-refractivity contribution in [3.8, 4) is 5.69 Å². The zero-order chi connectivity index (χ0) is 17.4. The van der Waals surface area contributed by atoms with E-state index in [9.17, 15) is 0 Å². The largest absolute Gasteiger partial charge is 0.334 e. The molecular formula is C19H21N5S. The molecule has 0 amide bonds. The fourth-order valence-corrected chi connectivity index (χ4v) is 3.60. The highest BCUT2D eigenvalue weighted by atomic mass is 32.1. The van der Waals surface area contributed by atoms with E-state index < -0.39 is 0 Å². The summed E-state index contributed by atoms with van der Waals surface area (Å²) in [7, 11) is 0. The van der Waals surface area contributed by atoms with E-state index in [1.165, 1.54) is 28.1 Å². The first-order valence-electron chi connectivity index (χ1n) is 8.51. The van der Waals surface area contributed by atoms with E-state index in [4.69, 9.17) is 12.2 Å². The van der Waals surface area contributed by atoms with Crippen LogP contribution in [0.1, 0.15) is 28.1 Å². The summed E-state index contributed by atoms with van der Waals surface area (Å²) < 4.78 is 2.61. The number of para-hydroxylation sites is 1. The van der Waals surface area contributed by atoms with Gasteiger partial charge < -0.3 is 4.98 Å². The number of aromatic nitrogens is 4. The fourth-order valence-electron chi connectivity index (χ4n) is 3.42. The van der Waals surface area contributed by atoms with E-state index in [-0.39, 0.29) is 0 Å². The molecule has 1 aliphatic rings. The summed E-state index contributed by atoms with van der Waals surface area (Å²) in [5.41, 5.74) is 7.31. The predicted molar refractivity (Wildman–Crippen MR) is 100 cm³/mol. The lowest BCUT2D eigenvalue weighted by Gasteiger charge is -2.28. The van der Waals surface area contributed by atoms with Crippen molar-refractivity contribution in [1.29, 1.82) is 0 Å². The van der Waals surface area contributed by atoms with Crippen molar-refractivity contribution in [1.82, 2.24) is 24.6 Å². The molecule has 4 rings (SSSR count). The van der Waals surface area contributed by atoms with Crippen molar-refractivity contribution in [3.63, 3.8) is 0 Å². The first-order valence-corrected chi connectivity index (χ1v) is 8.91. The van der Waals surface area contributed by atoms with E-state index in [2.05, 4.69) is 58.1 Å². The van der Waals surface area contributed by atoms with Crippen molar-refractivity contribution < 1.29 is 0 Å². The van der Waals surface area contributed by atoms with Gasteiger partial charge in [0.05, 0.1) is 11.9 Å². The van der Waals surface area contributed by atoms with Gasteiger partial charge in [0.1, 0.15) is 0 Å². The van der Waals surface area contributed by atoms with Crippen LogP contribution in [0.5, 0.6) is 0 Å². The molecule has 0 saturated carbocycles. The first kappa shape index (κ1) is 16.2. The highest BCUT2D eigenvalue weighted by molar-refractivity contribution is 7.71. The van der Waals surface area contributed by atoms with Gasteiger partial charge in [-0.1, -0.05) is 18.2 Å². The lowest BCUT2D eigenvalue weighted by atomic mass is 10.1. The molecular weight excluding hydrogens is 330 g/mol. The van der Waals surface area contributed by atoms with Crippen LogP contribution in [-0.2, 0) is 19.5 Å². The molecule has 0 unspecified atom stereocenters. The number of hydrogen-bond donors (Lipinski definition) is 1. The molecule has 1 aromatic carbocycles. The van der Waals surface area contributed by atoms with Gasteiger partial charge in [0.25, 0.3) is 0 Å². The third-order valence-corrected chi connectivity index (χ3v) is 5.11. The second-order valence-corrected chi connectivity index (χ2v) is 6.99. The molecule has 128 valence electrons. The number of nitrogens with one attached hydrogen (secondary N) is 1. The standard InChI is InChI=1S/C19H21N5S/c1-13-5-3-4-6-18(13)24-14(2)15(10-21-24)11-23-8-7-17-16(12-23)9-20-19(25)22-17/h3-6,9-10H,7-8,11-12H2,1-2H3,(H,20,22,25). The smallest absolute Gasteiger partial charge is 0.196 e. The molecule has 3 aromatic rings. The van der Waals surface area contributed by atoms with Gasteiger partial charge >= 0.3 is 0 Å². The number of aryl methyl sites for hydroxylation is 1. The minimum atomic E-state index is 0.572. The van der Waals surface area contributed by atoms with E-state index in [1.54, 1.807) is 0 Å². The van der Waals surface area contributed by atoms with Crippen molar-refractivity contribution >= 4 is 12.2 Å². The van der Waals surface area contributed by atoms with Gasteiger partial charge in [-0.2, -0.15) is 5.10 Å². The van der Waals surface area contributed by atoms with Gasteiger partial charge in [0.15, 0.2) is 4.77 Å². The van der Waals surface area contributed by atoms with E-state index in [0.717, 1.165) is 31.7 Å². The fraction of sp³-hybridized carbons (Fsp3) is 0.316. The molecule has 2 aromatic heterocycles. The van der Waals surface area contributed by atoms with Crippen LogP contribution in [0, 0.1) is 18.6 Å². The Kier molecular flexibility index (Phi) is 4.23. The van der Waals surface area contributed by atoms with Crippen LogP contribution in [-0.4, -0.2) is 31.2 Å². The number of aromatic amines is 1. The number of benzene rings is 1. The minimum absolute atomic E-state index is 0.572. The van der Waals surface area contributed by atoms with Gasteiger partial charge in [-0.3, -0.25) is 4.90 Å². The van der Waals surface area contributed by atoms with Gasteiger partial charge in [-0.05, 0) is 37.7 Å². The molecule has 0 aliphatic carbocycles. The Morgan fingerprint density at radius 1 is 1.20 bits per heavy atom. The first-order chi connectivity index (χ1) is 12.1. The Balaban J connectivity index is 1.56. The normalized spacial score (nSPS) is 14.5. The number of rotatable bonds is 3. The number of nitrogens with zero attached hydrogens (tertiary/aromatic N) is 4. The zero-order valence-corrected chi connectivity index (χ0v) is 15.3. The van der Waals surface area contributed by atoms with E-state index >= 15 is 0 Å². The molecule has 0 bridgehead atoms. The quantitative estimate of drug-likeness (QED) is 0.734. The average Bonchev–Trinajstić information content (AvgIpc) is 2.96. The molecule has 0 radical (unpaired) electrons. The van der Waals surface area contributed by atoms with Crippen molar-refractivity contribution in [2.75, 3.05) is 6.54 Å². The van der Waals surface area contributed by atoms with Crippen LogP contribution in [0.4, 0.5) is 0 Å². The van der Waals surface area contributed by atoms with Crippen molar-refractivity contribution in [3.05, 3.63) is 69.5 Å². The SMILES string of the molecule is Cc1ccccc1-n1ncc(CN2CCc3[nH]c(=S)ncc3C2)c1C. The summed E-state index contributed by atoms with van der Waals surface area (Å²) in [6.07, 6.45) is 4.88. The van der Waals surface area contributed by atoms with E-state index in [1.807, 2.05) is 17.1 Å². The molecule has 6 heteroatoms. The topological polar surface area (TPSA) is 49.7 Å². The maximum Gasteiger partial charge on any atom is 0.196 e. The Morgan fingerprint density at radius 3 is 2.88 bits per heavy atom. The Labute approximate surface area is 152 Å². The minimum Gasteiger partial charge on any atom is -0.334 e. The molecule has 3 heterocycles. The Morgan fingerprint density at radius 2 is 2.04 bits per heavy atom. The lowest BCUT2D eigenvalue weighted by Crippen LogP contribution is -2.31. The molecule has 5 nitrogen and oxygen atoms in total. The van der Waals surface area contributed by atoms with Crippen LogP contribution >= 0.6 is 12.2 Å². The molecule has 0 atom stereocenters. The highest BCUT2D eigenvalue weighted by Crippen LogP contribution is 2.22. The molecule has 25 heavy (non-hydrogen) atoms. The van der Waals surface area contributed by atoms with Gasteiger partial charge in [-0.15, -0.1) is 0 Å². The van der Waals surface area contributed by atoms with Crippen LogP contribution in [0.2, 0.25) is 0 Å². The molecule has 0 saturated heterocycles. The molecule has 0 fully saturated rings. The Hall–Kier alpha value is -2.31. The second kappa shape index (κ2) is 6.54. The number of hydrogen-bond acceptors (Lipinski definition) is 4. The van der Waals surface area contributed by atoms with Crippen molar-refractivity contribution in [2.45, 2.75) is 33.4 Å². The third-order valence-electron chi connectivity index (χ3n) is 4.90. The Bertz CT molecular complexity index is 972. The van der Waals surface area contributed by atoms with Crippen molar-refractivity contribution in [2.24, 2.45) is 0 Å². The lowest BCUT2D eigenvalue weighted by molar-refractivity contribution is 0.242. The maximum atomic E-state index is 5.12. The number of H-pyrrole nitrogens is 1. The monoisotopic (exact) mass is 351 g/mol. The predicted octanol–water partition coefficient (Wildman–Crippen LogP) is 3.50. The maximum absolute atomic E-state index is 5.12. The van der Waals surface area contributed by atoms with Crippen LogP contribution in [0.3, 0.4) is 0 Å². The molecule has 1 aliphatic heterocycles. The summed E-state index contributed by atoms with van der Waals surface area (Å²) in [6.45, 7) is 7.06. The number of fused-ring (bicyclic) bond motifs is 1. The summed E-state index contributed by atoms with van der Waals surface area (Å²) in [6, 6.07) is 8.35. The van der Waals surface area contributed by atoms with Gasteiger partial charge in [0.2, 0.25) is 0 Å². The van der Waals surface area contributed by atoms with Crippen LogP contribution in [0.25, 0.3) is 5.69 Å². The van der Waals surface area contributed by atoms with Crippen LogP contribution in [0.15, 0.2) is 36.7 Å². The summed E-state index contributed by atoms with van der Waals surface area (Å²) >= 11 is 5.12. The van der Waals surface area contributed by atoms with E-state index in [0.29, 0.717) is 4.77 Å². The third kappa shape index (κ3) is 3.15. The van der Waals surface area contributed by atoms with Crippen LogP contribution < -0.4 is 0 Å². The van der Waals surface area contributed by atoms with Gasteiger partial charge in [0, 0.05) is 54.8 Å². The highest BCUT2D eigenvalue weighted by Gasteiger charge is 2.19. The average molecular weight is 351 g/mol. The summed E-state index contributed by atoms with van der Waals surface area (Å²) in [5.74, 6) is 0.